The van der Waals surface area contributed by atoms with Crippen molar-refractivity contribution in [2.75, 3.05) is 12.9 Å². The molecule has 3 aromatic carbocycles. The fourth-order valence-electron chi connectivity index (χ4n) is 3.87. The third kappa shape index (κ3) is 5.34. The van der Waals surface area contributed by atoms with Crippen LogP contribution in [-0.4, -0.2) is 29.6 Å². The van der Waals surface area contributed by atoms with E-state index in [0.717, 1.165) is 22.4 Å². The standard InChI is InChI=1S/C26H25ClN2O3S/c1-17(22-5-3-4-6-23(22)32-2)28-25(31)19-9-11-20(12-10-19)26-29(24(30)16-33-26)15-18-7-13-21(27)14-8-18/h3-14,17,26H,15-16H2,1-2H3,(H,28,31)/t17-,26-/m1/s1. The van der Waals surface area contributed by atoms with E-state index in [2.05, 4.69) is 5.32 Å². The number of thioether (sulfide) groups is 1. The van der Waals surface area contributed by atoms with E-state index >= 15 is 0 Å². The number of halogens is 1. The van der Waals surface area contributed by atoms with Gasteiger partial charge in [0.25, 0.3) is 5.91 Å². The zero-order chi connectivity index (χ0) is 23.4. The number of methoxy groups -OCH3 is 1. The van der Waals surface area contributed by atoms with Gasteiger partial charge < -0.3 is 15.0 Å². The minimum Gasteiger partial charge on any atom is -0.496 e. The van der Waals surface area contributed by atoms with Crippen LogP contribution in [0.3, 0.4) is 0 Å². The van der Waals surface area contributed by atoms with Gasteiger partial charge in [-0.3, -0.25) is 9.59 Å². The fraction of sp³-hybridized carbons (Fsp3) is 0.231. The van der Waals surface area contributed by atoms with Gasteiger partial charge in [0.15, 0.2) is 0 Å². The summed E-state index contributed by atoms with van der Waals surface area (Å²) in [5.74, 6) is 1.13. The second-order valence-corrected chi connectivity index (χ2v) is 9.38. The number of benzene rings is 3. The summed E-state index contributed by atoms with van der Waals surface area (Å²) < 4.78 is 5.40. The Hall–Kier alpha value is -2.96. The van der Waals surface area contributed by atoms with Gasteiger partial charge in [0, 0.05) is 22.7 Å². The highest BCUT2D eigenvalue weighted by atomic mass is 35.5. The largest absolute Gasteiger partial charge is 0.496 e. The zero-order valence-electron chi connectivity index (χ0n) is 18.5. The molecule has 3 aromatic rings. The molecular formula is C26H25ClN2O3S. The van der Waals surface area contributed by atoms with E-state index < -0.39 is 0 Å². The molecule has 1 N–H and O–H groups in total. The Morgan fingerprint density at radius 3 is 2.52 bits per heavy atom. The Labute approximate surface area is 203 Å². The van der Waals surface area contributed by atoms with Crippen LogP contribution >= 0.6 is 23.4 Å². The molecule has 0 saturated carbocycles. The van der Waals surface area contributed by atoms with E-state index in [-0.39, 0.29) is 23.2 Å². The Bertz CT molecular complexity index is 1140. The number of rotatable bonds is 7. The topological polar surface area (TPSA) is 58.6 Å². The molecule has 4 rings (SSSR count). The molecule has 1 aliphatic heterocycles. The van der Waals surface area contributed by atoms with Crippen LogP contribution < -0.4 is 10.1 Å². The van der Waals surface area contributed by atoms with Crippen LogP contribution in [0.15, 0.2) is 72.8 Å². The molecule has 0 spiro atoms. The number of para-hydroxylation sites is 1. The summed E-state index contributed by atoms with van der Waals surface area (Å²) >= 11 is 7.58. The summed E-state index contributed by atoms with van der Waals surface area (Å²) in [5.41, 5.74) is 3.51. The molecule has 0 aliphatic carbocycles. The van der Waals surface area contributed by atoms with Crippen LogP contribution in [0, 0.1) is 0 Å². The predicted octanol–water partition coefficient (Wildman–Crippen LogP) is 5.61. The van der Waals surface area contributed by atoms with Gasteiger partial charge in [-0.15, -0.1) is 11.8 Å². The molecule has 2 atom stereocenters. The van der Waals surface area contributed by atoms with Gasteiger partial charge in [-0.05, 0) is 48.4 Å². The second-order valence-electron chi connectivity index (χ2n) is 7.87. The van der Waals surface area contributed by atoms with Crippen molar-refractivity contribution in [2.24, 2.45) is 0 Å². The normalized spacial score (nSPS) is 16.5. The molecule has 0 bridgehead atoms. The fourth-order valence-corrected chi connectivity index (χ4v) is 5.18. The third-order valence-corrected chi connectivity index (χ3v) is 7.15. The lowest BCUT2D eigenvalue weighted by Crippen LogP contribution is -2.28. The zero-order valence-corrected chi connectivity index (χ0v) is 20.0. The van der Waals surface area contributed by atoms with Gasteiger partial charge in [-0.25, -0.2) is 0 Å². The lowest BCUT2D eigenvalue weighted by atomic mass is 10.1. The summed E-state index contributed by atoms with van der Waals surface area (Å²) in [7, 11) is 1.62. The highest BCUT2D eigenvalue weighted by Gasteiger charge is 2.32. The van der Waals surface area contributed by atoms with Crippen LogP contribution in [0.2, 0.25) is 5.02 Å². The minimum atomic E-state index is -0.203. The average Bonchev–Trinajstić information content (AvgIpc) is 3.20. The van der Waals surface area contributed by atoms with Crippen molar-refractivity contribution in [3.05, 3.63) is 100 Å². The van der Waals surface area contributed by atoms with Crippen LogP contribution in [0.5, 0.6) is 5.75 Å². The van der Waals surface area contributed by atoms with Crippen molar-refractivity contribution in [2.45, 2.75) is 24.9 Å². The van der Waals surface area contributed by atoms with Gasteiger partial charge in [0.05, 0.1) is 18.9 Å². The van der Waals surface area contributed by atoms with Crippen molar-refractivity contribution in [1.82, 2.24) is 10.2 Å². The number of carbonyl (C=O) groups excluding carboxylic acids is 2. The van der Waals surface area contributed by atoms with E-state index in [1.165, 1.54) is 0 Å². The van der Waals surface area contributed by atoms with Crippen molar-refractivity contribution in [3.8, 4) is 5.75 Å². The van der Waals surface area contributed by atoms with Crippen molar-refractivity contribution in [3.63, 3.8) is 0 Å². The van der Waals surface area contributed by atoms with E-state index in [9.17, 15) is 9.59 Å². The molecule has 1 saturated heterocycles. The maximum atomic E-state index is 12.8. The smallest absolute Gasteiger partial charge is 0.251 e. The number of ether oxygens (including phenoxy) is 1. The molecular weight excluding hydrogens is 456 g/mol. The number of nitrogens with zero attached hydrogens (tertiary/aromatic N) is 1. The summed E-state index contributed by atoms with van der Waals surface area (Å²) in [6.07, 6.45) is 0. The molecule has 1 heterocycles. The van der Waals surface area contributed by atoms with E-state index in [0.29, 0.717) is 22.9 Å². The SMILES string of the molecule is COc1ccccc1[C@@H](C)NC(=O)c1ccc([C@H]2SCC(=O)N2Cc2ccc(Cl)cc2)cc1. The van der Waals surface area contributed by atoms with Gasteiger partial charge >= 0.3 is 0 Å². The Morgan fingerprint density at radius 1 is 1.12 bits per heavy atom. The first kappa shape index (κ1) is 23.2. The Morgan fingerprint density at radius 2 is 1.82 bits per heavy atom. The molecule has 170 valence electrons. The predicted molar refractivity (Wildman–Crippen MR) is 133 cm³/mol. The van der Waals surface area contributed by atoms with Gasteiger partial charge in [-0.2, -0.15) is 0 Å². The first-order valence-electron chi connectivity index (χ1n) is 10.7. The first-order chi connectivity index (χ1) is 16.0. The maximum absolute atomic E-state index is 12.8. The average molecular weight is 481 g/mol. The minimum absolute atomic E-state index is 0.0854. The van der Waals surface area contributed by atoms with E-state index in [1.54, 1.807) is 18.9 Å². The summed E-state index contributed by atoms with van der Waals surface area (Å²) in [4.78, 5) is 27.2. The number of carbonyl (C=O) groups is 2. The number of nitrogens with one attached hydrogen (secondary N) is 1. The molecule has 1 fully saturated rings. The molecule has 1 aliphatic rings. The van der Waals surface area contributed by atoms with Gasteiger partial charge in [0.1, 0.15) is 11.1 Å². The lowest BCUT2D eigenvalue weighted by Gasteiger charge is -2.24. The number of hydrogen-bond acceptors (Lipinski definition) is 4. The molecule has 0 aromatic heterocycles. The molecule has 7 heteroatoms. The maximum Gasteiger partial charge on any atom is 0.251 e. The Balaban J connectivity index is 1.45. The highest BCUT2D eigenvalue weighted by Crippen LogP contribution is 2.39. The van der Waals surface area contributed by atoms with Gasteiger partial charge in [0.2, 0.25) is 5.91 Å². The van der Waals surface area contributed by atoms with Crippen molar-refractivity contribution >= 4 is 35.2 Å². The van der Waals surface area contributed by atoms with E-state index in [4.69, 9.17) is 16.3 Å². The molecule has 0 radical (unpaired) electrons. The van der Waals surface area contributed by atoms with Crippen molar-refractivity contribution < 1.29 is 14.3 Å². The second kappa shape index (κ2) is 10.3. The summed E-state index contributed by atoms with van der Waals surface area (Å²) in [6.45, 7) is 2.45. The molecule has 33 heavy (non-hydrogen) atoms. The molecule has 2 amide bonds. The first-order valence-corrected chi connectivity index (χ1v) is 12.1. The summed E-state index contributed by atoms with van der Waals surface area (Å²) in [6, 6.07) is 22.4. The molecule has 5 nitrogen and oxygen atoms in total. The van der Waals surface area contributed by atoms with Crippen LogP contribution in [0.25, 0.3) is 0 Å². The monoisotopic (exact) mass is 480 g/mol. The quantitative estimate of drug-likeness (QED) is 0.477. The van der Waals surface area contributed by atoms with Crippen LogP contribution in [-0.2, 0) is 11.3 Å². The van der Waals surface area contributed by atoms with Gasteiger partial charge in [-0.1, -0.05) is 54.1 Å². The highest BCUT2D eigenvalue weighted by molar-refractivity contribution is 8.00. The van der Waals surface area contributed by atoms with Crippen LogP contribution in [0.1, 0.15) is 45.4 Å². The third-order valence-electron chi connectivity index (χ3n) is 5.65. The Kier molecular flexibility index (Phi) is 7.26. The van der Waals surface area contributed by atoms with Crippen LogP contribution in [0.4, 0.5) is 0 Å². The molecule has 0 unspecified atom stereocenters. The van der Waals surface area contributed by atoms with Crippen molar-refractivity contribution in [1.29, 1.82) is 0 Å². The lowest BCUT2D eigenvalue weighted by molar-refractivity contribution is -0.128. The number of hydrogen-bond donors (Lipinski definition) is 1. The number of amides is 2. The summed E-state index contributed by atoms with van der Waals surface area (Å²) in [5, 5.41) is 3.62. The van der Waals surface area contributed by atoms with E-state index in [1.807, 2.05) is 84.6 Å².